The van der Waals surface area contributed by atoms with Gasteiger partial charge >= 0.3 is 0 Å². The maximum atomic E-state index is 5.70. The van der Waals surface area contributed by atoms with Gasteiger partial charge in [-0.2, -0.15) is 0 Å². The molecule has 2 saturated heterocycles. The van der Waals surface area contributed by atoms with Gasteiger partial charge in [-0.25, -0.2) is 0 Å². The molecule has 2 heterocycles. The molecule has 3 heteroatoms. The lowest BCUT2D eigenvalue weighted by atomic mass is 9.86. The van der Waals surface area contributed by atoms with E-state index in [0.717, 1.165) is 26.3 Å². The summed E-state index contributed by atoms with van der Waals surface area (Å²) in [4.78, 5) is 2.69. The molecule has 3 nitrogen and oxygen atoms in total. The summed E-state index contributed by atoms with van der Waals surface area (Å²) in [5, 5.41) is 3.62. The molecule has 0 bridgehead atoms. The van der Waals surface area contributed by atoms with Crippen molar-refractivity contribution in [3.05, 3.63) is 0 Å². The molecule has 0 aromatic rings. The number of rotatable bonds is 6. The van der Waals surface area contributed by atoms with Gasteiger partial charge in [0.1, 0.15) is 0 Å². The van der Waals surface area contributed by atoms with Crippen molar-refractivity contribution in [3.8, 4) is 0 Å². The topological polar surface area (TPSA) is 24.5 Å². The molecule has 0 radical (unpaired) electrons. The van der Waals surface area contributed by atoms with Gasteiger partial charge in [-0.3, -0.25) is 0 Å². The van der Waals surface area contributed by atoms with E-state index in [1.54, 1.807) is 0 Å². The first kappa shape index (κ1) is 14.3. The molecule has 1 N–H and O–H groups in total. The molecule has 106 valence electrons. The molecule has 0 saturated carbocycles. The standard InChI is InChI=1S/C15H30N2O/c1-2-8-16-12-15(7-11-18-14-15)13-17-9-5-3-4-6-10-17/h16H,2-14H2,1H3. The minimum Gasteiger partial charge on any atom is -0.381 e. The largest absolute Gasteiger partial charge is 0.381 e. The van der Waals surface area contributed by atoms with Crippen molar-refractivity contribution in [2.75, 3.05) is 45.9 Å². The summed E-state index contributed by atoms with van der Waals surface area (Å²) in [6.07, 6.45) is 8.09. The predicted molar refractivity (Wildman–Crippen MR) is 75.9 cm³/mol. The van der Waals surface area contributed by atoms with Crippen LogP contribution in [-0.4, -0.2) is 50.8 Å². The van der Waals surface area contributed by atoms with Crippen LogP contribution in [0.4, 0.5) is 0 Å². The van der Waals surface area contributed by atoms with Gasteiger partial charge < -0.3 is 15.0 Å². The molecule has 0 spiro atoms. The Morgan fingerprint density at radius 2 is 1.94 bits per heavy atom. The van der Waals surface area contributed by atoms with Gasteiger partial charge in [0.25, 0.3) is 0 Å². The van der Waals surface area contributed by atoms with Gasteiger partial charge in [0.2, 0.25) is 0 Å². The third-order valence-corrected chi connectivity index (χ3v) is 4.37. The Labute approximate surface area is 112 Å². The SMILES string of the molecule is CCCNCC1(CN2CCCCCC2)CCOC1. The highest BCUT2D eigenvalue weighted by atomic mass is 16.5. The third kappa shape index (κ3) is 4.22. The van der Waals surface area contributed by atoms with E-state index in [4.69, 9.17) is 4.74 Å². The summed E-state index contributed by atoms with van der Waals surface area (Å²) in [6.45, 7) is 10.3. The number of likely N-dealkylation sites (tertiary alicyclic amines) is 1. The zero-order chi connectivity index (χ0) is 12.7. The highest BCUT2D eigenvalue weighted by Gasteiger charge is 2.36. The van der Waals surface area contributed by atoms with Crippen LogP contribution in [-0.2, 0) is 4.74 Å². The van der Waals surface area contributed by atoms with Crippen LogP contribution in [0.3, 0.4) is 0 Å². The van der Waals surface area contributed by atoms with E-state index in [1.807, 2.05) is 0 Å². The Hall–Kier alpha value is -0.120. The second-order valence-electron chi connectivity index (χ2n) is 6.17. The van der Waals surface area contributed by atoms with Crippen LogP contribution < -0.4 is 5.32 Å². The van der Waals surface area contributed by atoms with Crippen LogP contribution >= 0.6 is 0 Å². The number of hydrogen-bond donors (Lipinski definition) is 1. The average molecular weight is 254 g/mol. The van der Waals surface area contributed by atoms with Gasteiger partial charge in [-0.05, 0) is 45.3 Å². The van der Waals surface area contributed by atoms with Crippen LogP contribution in [0.5, 0.6) is 0 Å². The summed E-state index contributed by atoms with van der Waals surface area (Å²) in [5.41, 5.74) is 0.388. The van der Waals surface area contributed by atoms with Crippen molar-refractivity contribution >= 4 is 0 Å². The highest BCUT2D eigenvalue weighted by molar-refractivity contribution is 4.88. The van der Waals surface area contributed by atoms with E-state index in [-0.39, 0.29) is 0 Å². The van der Waals surface area contributed by atoms with Crippen LogP contribution in [0.1, 0.15) is 45.4 Å². The number of nitrogens with zero attached hydrogens (tertiary/aromatic N) is 1. The van der Waals surface area contributed by atoms with E-state index >= 15 is 0 Å². The minimum atomic E-state index is 0.388. The summed E-state index contributed by atoms with van der Waals surface area (Å²) in [5.74, 6) is 0. The van der Waals surface area contributed by atoms with E-state index in [2.05, 4.69) is 17.1 Å². The molecule has 2 rings (SSSR count). The Bertz CT molecular complexity index is 219. The maximum Gasteiger partial charge on any atom is 0.0547 e. The monoisotopic (exact) mass is 254 g/mol. The van der Waals surface area contributed by atoms with Crippen LogP contribution in [0.15, 0.2) is 0 Å². The first-order valence-corrected chi connectivity index (χ1v) is 7.85. The first-order chi connectivity index (χ1) is 8.85. The van der Waals surface area contributed by atoms with Crippen molar-refractivity contribution in [2.45, 2.75) is 45.4 Å². The van der Waals surface area contributed by atoms with Gasteiger partial charge in [0.15, 0.2) is 0 Å². The highest BCUT2D eigenvalue weighted by Crippen LogP contribution is 2.30. The Morgan fingerprint density at radius 3 is 2.56 bits per heavy atom. The van der Waals surface area contributed by atoms with Crippen LogP contribution in [0, 0.1) is 5.41 Å². The zero-order valence-corrected chi connectivity index (χ0v) is 12.0. The number of ether oxygens (including phenoxy) is 1. The molecular weight excluding hydrogens is 224 g/mol. The summed E-state index contributed by atoms with van der Waals surface area (Å²) >= 11 is 0. The molecule has 1 unspecified atom stereocenters. The van der Waals surface area contributed by atoms with Crippen molar-refractivity contribution < 1.29 is 4.74 Å². The maximum absolute atomic E-state index is 5.70. The Balaban J connectivity index is 1.83. The van der Waals surface area contributed by atoms with Crippen LogP contribution in [0.25, 0.3) is 0 Å². The van der Waals surface area contributed by atoms with Crippen LogP contribution in [0.2, 0.25) is 0 Å². The molecular formula is C15H30N2O. The second kappa shape index (κ2) is 7.46. The quantitative estimate of drug-likeness (QED) is 0.736. The molecule has 0 aromatic heterocycles. The van der Waals surface area contributed by atoms with Crippen molar-refractivity contribution in [2.24, 2.45) is 5.41 Å². The fourth-order valence-corrected chi connectivity index (χ4v) is 3.27. The molecule has 18 heavy (non-hydrogen) atoms. The minimum absolute atomic E-state index is 0.388. The Morgan fingerprint density at radius 1 is 1.17 bits per heavy atom. The Kier molecular flexibility index (Phi) is 5.93. The van der Waals surface area contributed by atoms with Crippen molar-refractivity contribution in [1.82, 2.24) is 10.2 Å². The molecule has 0 aromatic carbocycles. The summed E-state index contributed by atoms with van der Waals surface area (Å²) in [7, 11) is 0. The lowest BCUT2D eigenvalue weighted by Gasteiger charge is -2.34. The zero-order valence-electron chi connectivity index (χ0n) is 12.0. The normalized spacial score (nSPS) is 30.5. The molecule has 2 aliphatic rings. The first-order valence-electron chi connectivity index (χ1n) is 7.85. The smallest absolute Gasteiger partial charge is 0.0547 e. The fraction of sp³-hybridized carbons (Fsp3) is 1.00. The lowest BCUT2D eigenvalue weighted by molar-refractivity contribution is 0.110. The molecule has 0 aliphatic carbocycles. The third-order valence-electron chi connectivity index (χ3n) is 4.37. The summed E-state index contributed by atoms with van der Waals surface area (Å²) in [6, 6.07) is 0. The molecule has 1 atom stereocenters. The van der Waals surface area contributed by atoms with Gasteiger partial charge in [0, 0.05) is 25.1 Å². The number of nitrogens with one attached hydrogen (secondary N) is 1. The molecule has 0 amide bonds. The molecule has 2 aliphatic heterocycles. The summed E-state index contributed by atoms with van der Waals surface area (Å²) < 4.78 is 5.70. The average Bonchev–Trinajstić information content (AvgIpc) is 2.67. The lowest BCUT2D eigenvalue weighted by Crippen LogP contribution is -2.45. The fourth-order valence-electron chi connectivity index (χ4n) is 3.27. The van der Waals surface area contributed by atoms with E-state index < -0.39 is 0 Å². The van der Waals surface area contributed by atoms with Gasteiger partial charge in [-0.15, -0.1) is 0 Å². The van der Waals surface area contributed by atoms with Crippen molar-refractivity contribution in [3.63, 3.8) is 0 Å². The predicted octanol–water partition coefficient (Wildman–Crippen LogP) is 2.27. The van der Waals surface area contributed by atoms with E-state index in [9.17, 15) is 0 Å². The second-order valence-corrected chi connectivity index (χ2v) is 6.17. The van der Waals surface area contributed by atoms with Gasteiger partial charge in [0.05, 0.1) is 6.61 Å². The van der Waals surface area contributed by atoms with Gasteiger partial charge in [-0.1, -0.05) is 19.8 Å². The van der Waals surface area contributed by atoms with E-state index in [1.165, 1.54) is 58.2 Å². The van der Waals surface area contributed by atoms with E-state index in [0.29, 0.717) is 5.41 Å². The molecule has 2 fully saturated rings. The van der Waals surface area contributed by atoms with Crippen molar-refractivity contribution in [1.29, 1.82) is 0 Å². The number of hydrogen-bond acceptors (Lipinski definition) is 3.